The molecule has 0 aromatic heterocycles. The average molecular weight is 274 g/mol. The Hall–Kier alpha value is -0.910. The largest absolute Gasteiger partial charge is 0.480 e. The third-order valence-corrected chi connectivity index (χ3v) is 4.91. The number of aliphatic carboxylic acids is 1. The van der Waals surface area contributed by atoms with E-state index in [2.05, 4.69) is 16.9 Å². The van der Waals surface area contributed by atoms with Gasteiger partial charge in [-0.1, -0.05) is 19.3 Å². The lowest BCUT2D eigenvalue weighted by molar-refractivity contribution is -0.138. The molecule has 1 aliphatic carbocycles. The van der Waals surface area contributed by atoms with Crippen molar-refractivity contribution in [3.63, 3.8) is 0 Å². The number of carboxylic acid groups (broad SMARTS) is 1. The molecule has 6 heteroatoms. The Labute approximate surface area is 112 Å². The van der Waals surface area contributed by atoms with E-state index in [1.165, 1.54) is 26.2 Å². The maximum absolute atomic E-state index is 11.6. The maximum Gasteiger partial charge on any atom is 0.325 e. The Morgan fingerprint density at radius 2 is 1.94 bits per heavy atom. The van der Waals surface area contributed by atoms with Gasteiger partial charge >= 0.3 is 12.0 Å². The van der Waals surface area contributed by atoms with Gasteiger partial charge in [0.1, 0.15) is 6.04 Å². The first-order chi connectivity index (χ1) is 8.49. The minimum Gasteiger partial charge on any atom is -0.480 e. The fraction of sp³-hybridized carbons (Fsp3) is 0.833. The highest BCUT2D eigenvalue weighted by Gasteiger charge is 2.31. The van der Waals surface area contributed by atoms with Crippen molar-refractivity contribution in [3.8, 4) is 0 Å². The lowest BCUT2D eigenvalue weighted by Crippen LogP contribution is -2.49. The van der Waals surface area contributed by atoms with Crippen LogP contribution in [-0.2, 0) is 4.79 Å². The molecule has 1 aliphatic rings. The second-order valence-corrected chi connectivity index (χ2v) is 6.11. The van der Waals surface area contributed by atoms with Crippen LogP contribution in [0.5, 0.6) is 0 Å². The zero-order valence-corrected chi connectivity index (χ0v) is 11.8. The third kappa shape index (κ3) is 4.40. The van der Waals surface area contributed by atoms with Gasteiger partial charge < -0.3 is 15.7 Å². The van der Waals surface area contributed by atoms with E-state index in [0.29, 0.717) is 6.54 Å². The quantitative estimate of drug-likeness (QED) is 0.714. The van der Waals surface area contributed by atoms with Crippen LogP contribution in [0.15, 0.2) is 0 Å². The molecule has 0 bridgehead atoms. The van der Waals surface area contributed by atoms with Crippen LogP contribution in [0, 0.1) is 0 Å². The molecule has 0 heterocycles. The van der Waals surface area contributed by atoms with E-state index in [1.54, 1.807) is 11.8 Å². The van der Waals surface area contributed by atoms with Gasteiger partial charge in [0, 0.05) is 11.3 Å². The summed E-state index contributed by atoms with van der Waals surface area (Å²) in [6.07, 6.45) is 7.98. The molecular formula is C12H22N2O3S. The van der Waals surface area contributed by atoms with Crippen molar-refractivity contribution in [1.82, 2.24) is 10.6 Å². The zero-order chi connectivity index (χ0) is 13.6. The van der Waals surface area contributed by atoms with E-state index < -0.39 is 18.0 Å². The molecule has 0 aromatic carbocycles. The summed E-state index contributed by atoms with van der Waals surface area (Å²) >= 11 is 1.80. The number of rotatable bonds is 5. The molecule has 0 radical (unpaired) electrons. The fourth-order valence-electron chi connectivity index (χ4n) is 2.20. The Bertz CT molecular complexity index is 304. The second kappa shape index (κ2) is 6.87. The molecular weight excluding hydrogens is 252 g/mol. The van der Waals surface area contributed by atoms with Crippen LogP contribution in [0.25, 0.3) is 0 Å². The summed E-state index contributed by atoms with van der Waals surface area (Å²) in [7, 11) is 0. The lowest BCUT2D eigenvalue weighted by atomic mass is 9.88. The number of carboxylic acids is 1. The van der Waals surface area contributed by atoms with Gasteiger partial charge in [0.2, 0.25) is 0 Å². The predicted molar refractivity (Wildman–Crippen MR) is 73.0 cm³/mol. The van der Waals surface area contributed by atoms with Gasteiger partial charge in [-0.2, -0.15) is 11.8 Å². The van der Waals surface area contributed by atoms with E-state index in [1.807, 2.05) is 0 Å². The Balaban J connectivity index is 2.38. The van der Waals surface area contributed by atoms with Crippen molar-refractivity contribution in [2.24, 2.45) is 0 Å². The first kappa shape index (κ1) is 15.1. The molecule has 0 aromatic rings. The zero-order valence-electron chi connectivity index (χ0n) is 11.0. The second-order valence-electron chi connectivity index (χ2n) is 4.83. The first-order valence-corrected chi connectivity index (χ1v) is 7.54. The minimum atomic E-state index is -1.03. The smallest absolute Gasteiger partial charge is 0.325 e. The number of nitrogens with one attached hydrogen (secondary N) is 2. The van der Waals surface area contributed by atoms with E-state index in [4.69, 9.17) is 5.11 Å². The predicted octanol–water partition coefficient (Wildman–Crippen LogP) is 1.82. The summed E-state index contributed by atoms with van der Waals surface area (Å²) in [4.78, 5) is 22.2. The van der Waals surface area contributed by atoms with Crippen LogP contribution in [0.1, 0.15) is 39.0 Å². The molecule has 0 spiro atoms. The number of hydrogen-bond acceptors (Lipinski definition) is 3. The third-order valence-electron chi connectivity index (χ3n) is 3.49. The molecule has 104 valence electrons. The van der Waals surface area contributed by atoms with E-state index in [0.717, 1.165) is 12.8 Å². The molecule has 2 amide bonds. The molecule has 5 nitrogen and oxygen atoms in total. The molecule has 0 aliphatic heterocycles. The molecule has 1 atom stereocenters. The minimum absolute atomic E-state index is 0.127. The average Bonchev–Trinajstić information content (AvgIpc) is 2.37. The van der Waals surface area contributed by atoms with Crippen molar-refractivity contribution in [3.05, 3.63) is 0 Å². The van der Waals surface area contributed by atoms with Crippen LogP contribution < -0.4 is 10.6 Å². The standard InChI is InChI=1S/C12H22N2O3S/c1-9(10(15)16)14-11(17)13-8-12(18-2)6-4-3-5-7-12/h9H,3-8H2,1-2H3,(H,15,16)(H2,13,14,17)/t9-/m1/s1. The Kier molecular flexibility index (Phi) is 5.78. The van der Waals surface area contributed by atoms with Gasteiger partial charge in [0.25, 0.3) is 0 Å². The van der Waals surface area contributed by atoms with E-state index >= 15 is 0 Å². The highest BCUT2D eigenvalue weighted by Crippen LogP contribution is 2.37. The van der Waals surface area contributed by atoms with Crippen molar-refractivity contribution in [2.45, 2.75) is 49.8 Å². The number of carbonyl (C=O) groups excluding carboxylic acids is 1. The van der Waals surface area contributed by atoms with Crippen LogP contribution in [0.2, 0.25) is 0 Å². The van der Waals surface area contributed by atoms with E-state index in [9.17, 15) is 9.59 Å². The van der Waals surface area contributed by atoms with Gasteiger partial charge in [0.15, 0.2) is 0 Å². The van der Waals surface area contributed by atoms with Crippen LogP contribution in [0.4, 0.5) is 4.79 Å². The van der Waals surface area contributed by atoms with Crippen LogP contribution in [0.3, 0.4) is 0 Å². The first-order valence-electron chi connectivity index (χ1n) is 6.31. The molecule has 0 saturated heterocycles. The van der Waals surface area contributed by atoms with Crippen molar-refractivity contribution < 1.29 is 14.7 Å². The van der Waals surface area contributed by atoms with Gasteiger partial charge in [0.05, 0.1) is 0 Å². The monoisotopic (exact) mass is 274 g/mol. The molecule has 18 heavy (non-hydrogen) atoms. The number of hydrogen-bond donors (Lipinski definition) is 3. The number of amides is 2. The van der Waals surface area contributed by atoms with Gasteiger partial charge in [-0.05, 0) is 26.0 Å². The number of carbonyl (C=O) groups is 2. The SMILES string of the molecule is CSC1(CNC(=O)N[C@H](C)C(=O)O)CCCCC1. The highest BCUT2D eigenvalue weighted by molar-refractivity contribution is 8.00. The van der Waals surface area contributed by atoms with Gasteiger partial charge in [-0.25, -0.2) is 4.79 Å². The summed E-state index contributed by atoms with van der Waals surface area (Å²) < 4.78 is 0.127. The van der Waals surface area contributed by atoms with Crippen LogP contribution in [-0.4, -0.2) is 40.7 Å². The summed E-state index contributed by atoms with van der Waals surface area (Å²) in [5.41, 5.74) is 0. The normalized spacial score (nSPS) is 19.9. The van der Waals surface area contributed by atoms with Crippen molar-refractivity contribution in [2.75, 3.05) is 12.8 Å². The summed E-state index contributed by atoms with van der Waals surface area (Å²) in [6.45, 7) is 2.05. The topological polar surface area (TPSA) is 78.4 Å². The number of thioether (sulfide) groups is 1. The summed E-state index contributed by atoms with van der Waals surface area (Å²) in [5, 5.41) is 13.9. The lowest BCUT2D eigenvalue weighted by Gasteiger charge is -2.35. The molecule has 1 saturated carbocycles. The van der Waals surface area contributed by atoms with Gasteiger partial charge in [-0.3, -0.25) is 4.79 Å². The number of urea groups is 1. The molecule has 1 rings (SSSR count). The Morgan fingerprint density at radius 3 is 2.44 bits per heavy atom. The summed E-state index contributed by atoms with van der Waals surface area (Å²) in [6, 6.07) is -1.26. The van der Waals surface area contributed by atoms with Crippen LogP contribution >= 0.6 is 11.8 Å². The summed E-state index contributed by atoms with van der Waals surface area (Å²) in [5.74, 6) is -1.03. The molecule has 0 unspecified atom stereocenters. The Morgan fingerprint density at radius 1 is 1.33 bits per heavy atom. The highest BCUT2D eigenvalue weighted by atomic mass is 32.2. The van der Waals surface area contributed by atoms with Gasteiger partial charge in [-0.15, -0.1) is 0 Å². The molecule has 1 fully saturated rings. The fourth-order valence-corrected chi connectivity index (χ4v) is 3.11. The maximum atomic E-state index is 11.6. The van der Waals surface area contributed by atoms with Crippen molar-refractivity contribution in [1.29, 1.82) is 0 Å². The molecule has 3 N–H and O–H groups in total. The van der Waals surface area contributed by atoms with E-state index in [-0.39, 0.29) is 4.75 Å². The van der Waals surface area contributed by atoms with Crippen molar-refractivity contribution >= 4 is 23.8 Å².